The van der Waals surface area contributed by atoms with Crippen molar-refractivity contribution >= 4 is 17.7 Å². The number of amides is 1. The minimum atomic E-state index is 0.0189. The van der Waals surface area contributed by atoms with Crippen LogP contribution in [0.15, 0.2) is 30.5 Å². The fourth-order valence-electron chi connectivity index (χ4n) is 3.48. The molecule has 1 heterocycles. The average molecular weight is 359 g/mol. The van der Waals surface area contributed by atoms with E-state index in [1.165, 1.54) is 5.69 Å². The Morgan fingerprint density at radius 3 is 2.76 bits per heavy atom. The largest absolute Gasteiger partial charge is 0.497 e. The van der Waals surface area contributed by atoms with E-state index >= 15 is 0 Å². The Morgan fingerprint density at radius 1 is 1.40 bits per heavy atom. The first-order valence-corrected chi connectivity index (χ1v) is 9.82. The van der Waals surface area contributed by atoms with Crippen LogP contribution in [0.2, 0.25) is 0 Å². The first-order chi connectivity index (χ1) is 11.9. The zero-order chi connectivity index (χ0) is 18.0. The minimum Gasteiger partial charge on any atom is -0.497 e. The molecule has 0 saturated heterocycles. The molecule has 0 radical (unpaired) electrons. The molecular formula is C19H25N3O2S. The highest BCUT2D eigenvalue weighted by atomic mass is 32.2. The lowest BCUT2D eigenvalue weighted by molar-refractivity contribution is -0.119. The molecule has 0 fully saturated rings. The zero-order valence-electron chi connectivity index (χ0n) is 15.2. The van der Waals surface area contributed by atoms with Crippen molar-refractivity contribution in [3.05, 3.63) is 41.7 Å². The highest BCUT2D eigenvalue weighted by molar-refractivity contribution is 7.99. The molecule has 6 heteroatoms. The molecule has 1 atom stereocenters. The summed E-state index contributed by atoms with van der Waals surface area (Å²) in [5.41, 5.74) is 3.42. The average Bonchev–Trinajstić information content (AvgIpc) is 2.97. The Bertz CT molecular complexity index is 753. The third kappa shape index (κ3) is 3.84. The molecule has 1 unspecified atom stereocenters. The van der Waals surface area contributed by atoms with Crippen molar-refractivity contribution in [1.82, 2.24) is 15.1 Å². The molecule has 0 bridgehead atoms. The van der Waals surface area contributed by atoms with Gasteiger partial charge in [-0.3, -0.25) is 4.79 Å². The predicted octanol–water partition coefficient (Wildman–Crippen LogP) is 3.37. The molecule has 3 rings (SSSR count). The second-order valence-electron chi connectivity index (χ2n) is 7.25. The van der Waals surface area contributed by atoms with Gasteiger partial charge >= 0.3 is 0 Å². The lowest BCUT2D eigenvalue weighted by atomic mass is 9.74. The zero-order valence-corrected chi connectivity index (χ0v) is 16.0. The monoisotopic (exact) mass is 359 g/mol. The van der Waals surface area contributed by atoms with Gasteiger partial charge in [-0.1, -0.05) is 13.8 Å². The number of nitrogens with zero attached hydrogens (tertiary/aromatic N) is 2. The first-order valence-electron chi connectivity index (χ1n) is 8.43. The molecule has 1 amide bonds. The maximum Gasteiger partial charge on any atom is 0.230 e. The van der Waals surface area contributed by atoms with Gasteiger partial charge in [-0.15, -0.1) is 0 Å². The van der Waals surface area contributed by atoms with Gasteiger partial charge in [0.2, 0.25) is 5.91 Å². The number of thioether (sulfide) groups is 1. The van der Waals surface area contributed by atoms with Gasteiger partial charge in [0.25, 0.3) is 0 Å². The van der Waals surface area contributed by atoms with Gasteiger partial charge in [-0.2, -0.15) is 16.9 Å². The van der Waals surface area contributed by atoms with Crippen molar-refractivity contribution < 1.29 is 9.53 Å². The van der Waals surface area contributed by atoms with Gasteiger partial charge in [-0.25, -0.2) is 4.68 Å². The Hall–Kier alpha value is -1.95. The fourth-order valence-corrected chi connectivity index (χ4v) is 3.83. The van der Waals surface area contributed by atoms with Crippen molar-refractivity contribution in [3.63, 3.8) is 0 Å². The van der Waals surface area contributed by atoms with Gasteiger partial charge in [-0.05, 0) is 48.8 Å². The van der Waals surface area contributed by atoms with Crippen LogP contribution in [0.3, 0.4) is 0 Å². The highest BCUT2D eigenvalue weighted by Crippen LogP contribution is 2.41. The Kier molecular flexibility index (Phi) is 5.08. The van der Waals surface area contributed by atoms with Crippen molar-refractivity contribution in [2.75, 3.05) is 19.1 Å². The van der Waals surface area contributed by atoms with E-state index in [-0.39, 0.29) is 17.4 Å². The van der Waals surface area contributed by atoms with Gasteiger partial charge in [0, 0.05) is 5.56 Å². The molecule has 134 valence electrons. The Labute approximate surface area is 153 Å². The second-order valence-corrected chi connectivity index (χ2v) is 8.12. The van der Waals surface area contributed by atoms with Gasteiger partial charge < -0.3 is 10.1 Å². The first kappa shape index (κ1) is 17.9. The molecule has 0 spiro atoms. The maximum atomic E-state index is 12.1. The van der Waals surface area contributed by atoms with Crippen molar-refractivity contribution in [1.29, 1.82) is 0 Å². The SMILES string of the molecule is COc1ccc(-n2ncc3c2CC(C)(C)CC3NC(=O)CSC)cc1. The smallest absolute Gasteiger partial charge is 0.230 e. The van der Waals surface area contributed by atoms with E-state index < -0.39 is 0 Å². The van der Waals surface area contributed by atoms with E-state index in [0.29, 0.717) is 5.75 Å². The quantitative estimate of drug-likeness (QED) is 0.889. The van der Waals surface area contributed by atoms with Crippen LogP contribution in [0.1, 0.15) is 37.6 Å². The van der Waals surface area contributed by atoms with Crippen molar-refractivity contribution in [2.45, 2.75) is 32.7 Å². The number of benzene rings is 1. The maximum absolute atomic E-state index is 12.1. The molecule has 1 aliphatic rings. The van der Waals surface area contributed by atoms with Gasteiger partial charge in [0.1, 0.15) is 5.75 Å². The van der Waals surface area contributed by atoms with Crippen LogP contribution in [0.25, 0.3) is 5.69 Å². The van der Waals surface area contributed by atoms with Crippen LogP contribution in [-0.4, -0.2) is 34.8 Å². The van der Waals surface area contributed by atoms with Crippen molar-refractivity contribution in [2.24, 2.45) is 5.41 Å². The Morgan fingerprint density at radius 2 is 2.12 bits per heavy atom. The molecule has 1 aromatic heterocycles. The molecule has 0 aliphatic heterocycles. The normalized spacial score (nSPS) is 18.5. The fraction of sp³-hybridized carbons (Fsp3) is 0.474. The summed E-state index contributed by atoms with van der Waals surface area (Å²) in [4.78, 5) is 12.1. The molecule has 0 saturated carbocycles. The lowest BCUT2D eigenvalue weighted by Gasteiger charge is -2.36. The molecule has 1 N–H and O–H groups in total. The molecule has 2 aromatic rings. The van der Waals surface area contributed by atoms with E-state index in [4.69, 9.17) is 4.74 Å². The summed E-state index contributed by atoms with van der Waals surface area (Å²) in [6.07, 6.45) is 5.70. The van der Waals surface area contributed by atoms with E-state index in [1.807, 2.05) is 41.4 Å². The number of carbonyl (C=O) groups is 1. The van der Waals surface area contributed by atoms with E-state index in [2.05, 4.69) is 24.3 Å². The van der Waals surface area contributed by atoms with Crippen LogP contribution in [0.5, 0.6) is 5.75 Å². The number of hydrogen-bond donors (Lipinski definition) is 1. The number of ether oxygens (including phenoxy) is 1. The van der Waals surface area contributed by atoms with Crippen molar-refractivity contribution in [3.8, 4) is 11.4 Å². The van der Waals surface area contributed by atoms with E-state index in [0.717, 1.165) is 29.8 Å². The summed E-state index contributed by atoms with van der Waals surface area (Å²) >= 11 is 1.54. The van der Waals surface area contributed by atoms with Gasteiger partial charge in [0.05, 0.1) is 36.5 Å². The third-order valence-electron chi connectivity index (χ3n) is 4.61. The molecular weight excluding hydrogens is 334 g/mol. The number of carbonyl (C=O) groups excluding carboxylic acids is 1. The van der Waals surface area contributed by atoms with Crippen LogP contribution >= 0.6 is 11.8 Å². The summed E-state index contributed by atoms with van der Waals surface area (Å²) in [5.74, 6) is 1.39. The number of fused-ring (bicyclic) bond motifs is 1. The van der Waals surface area contributed by atoms with E-state index in [9.17, 15) is 4.79 Å². The number of nitrogens with one attached hydrogen (secondary N) is 1. The Balaban J connectivity index is 1.94. The minimum absolute atomic E-state index is 0.0189. The topological polar surface area (TPSA) is 56.1 Å². The standard InChI is InChI=1S/C19H25N3O2S/c1-19(2)9-16(21-18(23)12-25-4)15-11-20-22(17(15)10-19)13-5-7-14(24-3)8-6-13/h5-8,11,16H,9-10,12H2,1-4H3,(H,21,23). The van der Waals surface area contributed by atoms with Gasteiger partial charge in [0.15, 0.2) is 0 Å². The summed E-state index contributed by atoms with van der Waals surface area (Å²) < 4.78 is 7.23. The number of aromatic nitrogens is 2. The number of rotatable bonds is 5. The molecule has 1 aromatic carbocycles. The molecule has 25 heavy (non-hydrogen) atoms. The summed E-state index contributed by atoms with van der Waals surface area (Å²) in [7, 11) is 1.66. The van der Waals surface area contributed by atoms with Crippen LogP contribution < -0.4 is 10.1 Å². The summed E-state index contributed by atoms with van der Waals surface area (Å²) in [6, 6.07) is 7.92. The number of methoxy groups -OCH3 is 1. The van der Waals surface area contributed by atoms with E-state index in [1.54, 1.807) is 18.9 Å². The third-order valence-corrected chi connectivity index (χ3v) is 5.16. The summed E-state index contributed by atoms with van der Waals surface area (Å²) in [6.45, 7) is 4.49. The van der Waals surface area contributed by atoms with Crippen LogP contribution in [-0.2, 0) is 11.2 Å². The molecule has 5 nitrogen and oxygen atoms in total. The highest BCUT2D eigenvalue weighted by Gasteiger charge is 2.35. The second kappa shape index (κ2) is 7.12. The predicted molar refractivity (Wildman–Crippen MR) is 101 cm³/mol. The number of hydrogen-bond acceptors (Lipinski definition) is 4. The van der Waals surface area contributed by atoms with Crippen LogP contribution in [0, 0.1) is 5.41 Å². The molecule has 1 aliphatic carbocycles. The summed E-state index contributed by atoms with van der Waals surface area (Å²) in [5, 5.41) is 7.79. The van der Waals surface area contributed by atoms with Crippen LogP contribution in [0.4, 0.5) is 0 Å². The lowest BCUT2D eigenvalue weighted by Crippen LogP contribution is -2.37.